The van der Waals surface area contributed by atoms with Gasteiger partial charge in [-0.2, -0.15) is 13.9 Å². The summed E-state index contributed by atoms with van der Waals surface area (Å²) in [6, 6.07) is 6.57. The predicted octanol–water partition coefficient (Wildman–Crippen LogP) is 7.29. The maximum atomic E-state index is 13.7. The van der Waals surface area contributed by atoms with Crippen molar-refractivity contribution in [3.05, 3.63) is 40.3 Å². The summed E-state index contributed by atoms with van der Waals surface area (Å²) in [4.78, 5) is 13.7. The van der Waals surface area contributed by atoms with E-state index in [4.69, 9.17) is 18.9 Å². The van der Waals surface area contributed by atoms with E-state index in [2.05, 4.69) is 44.4 Å². The van der Waals surface area contributed by atoms with Crippen LogP contribution >= 0.6 is 0 Å². The van der Waals surface area contributed by atoms with E-state index in [9.17, 15) is 18.7 Å². The Balaban J connectivity index is 0.00000145. The van der Waals surface area contributed by atoms with Gasteiger partial charge in [-0.15, -0.1) is 0 Å². The topological polar surface area (TPSA) is 97.0 Å². The Hall–Kier alpha value is -2.59. The number of aliphatic hydroxyl groups is 1. The number of fused-ring (bicyclic) bond motifs is 1. The normalized spacial score (nSPS) is 14.9. The lowest BCUT2D eigenvalue weighted by Gasteiger charge is -2.18. The van der Waals surface area contributed by atoms with E-state index in [-0.39, 0.29) is 31.1 Å². The third kappa shape index (κ3) is 10.7. The summed E-state index contributed by atoms with van der Waals surface area (Å²) < 4.78 is 51.8. The van der Waals surface area contributed by atoms with Crippen molar-refractivity contribution in [2.24, 2.45) is 0 Å². The number of benzene rings is 1. The average Bonchev–Trinajstić information content (AvgIpc) is 3.88. The number of rotatable bonds is 16. The minimum Gasteiger partial charge on any atom is -0.487 e. The number of nitrogens with zero attached hydrogens (tertiary/aromatic N) is 3. The molecule has 2 aliphatic rings. The van der Waals surface area contributed by atoms with Gasteiger partial charge in [0, 0.05) is 40.5 Å². The molecule has 0 radical (unpaired) electrons. The van der Waals surface area contributed by atoms with Gasteiger partial charge in [-0.25, -0.2) is 4.68 Å². The molecule has 2 fully saturated rings. The van der Waals surface area contributed by atoms with Crippen molar-refractivity contribution in [1.82, 2.24) is 14.3 Å². The molecule has 3 aromatic rings. The zero-order chi connectivity index (χ0) is 32.8. The molecule has 0 saturated heterocycles. The van der Waals surface area contributed by atoms with Gasteiger partial charge in [-0.05, 0) is 43.1 Å². The molecule has 0 spiro atoms. The average molecular weight is 666 g/mol. The van der Waals surface area contributed by atoms with Crippen molar-refractivity contribution in [3.8, 4) is 22.8 Å². The Morgan fingerprint density at radius 1 is 0.956 bits per heavy atom. The van der Waals surface area contributed by atoms with Crippen molar-refractivity contribution in [1.29, 1.82) is 0 Å². The van der Waals surface area contributed by atoms with Gasteiger partial charge in [0.1, 0.15) is 13.5 Å². The largest absolute Gasteiger partial charge is 0.487 e. The Kier molecular flexibility index (Phi) is 12.0. The van der Waals surface area contributed by atoms with Gasteiger partial charge in [0.15, 0.2) is 11.5 Å². The van der Waals surface area contributed by atoms with Crippen LogP contribution in [0, 0.1) is 0 Å². The highest BCUT2D eigenvalue weighted by molar-refractivity contribution is 6.76. The second-order valence-corrected chi connectivity index (χ2v) is 25.5. The first-order chi connectivity index (χ1) is 21.3. The van der Waals surface area contributed by atoms with E-state index in [1.165, 1.54) is 30.0 Å². The lowest BCUT2D eigenvalue weighted by Crippen LogP contribution is -2.26. The molecule has 5 rings (SSSR count). The summed E-state index contributed by atoms with van der Waals surface area (Å²) in [6.07, 6.45) is 7.68. The monoisotopic (exact) mass is 665 g/mol. The Morgan fingerprint density at radius 3 is 2.11 bits per heavy atom. The van der Waals surface area contributed by atoms with E-state index in [0.717, 1.165) is 24.9 Å². The number of halogens is 2. The smallest absolute Gasteiger partial charge is 0.387 e. The molecule has 0 unspecified atom stereocenters. The molecule has 45 heavy (non-hydrogen) atoms. The maximum Gasteiger partial charge on any atom is 0.387 e. The van der Waals surface area contributed by atoms with Crippen LogP contribution in [0.4, 0.5) is 8.78 Å². The van der Waals surface area contributed by atoms with Crippen LogP contribution in [-0.4, -0.2) is 61.5 Å². The maximum absolute atomic E-state index is 13.7. The quantitative estimate of drug-likeness (QED) is 0.127. The van der Waals surface area contributed by atoms with Crippen LogP contribution < -0.4 is 15.0 Å². The Labute approximate surface area is 266 Å². The number of ether oxygens (including phenoxy) is 4. The molecule has 9 nitrogen and oxygen atoms in total. The molecule has 0 bridgehead atoms. The van der Waals surface area contributed by atoms with Gasteiger partial charge in [-0.1, -0.05) is 58.5 Å². The standard InChI is InChI=1S/C29H43F2N3O6Si2.C3H6/c1-41(2,3)13-11-37-18-33-23-16-32-34(19-38-12-14-42(4,5)6)28(36)26(23)22(17-35)27(33)20-7-10-24(40-29(30)31)25(15-20)39-21-8-9-21;1-2-3-1/h7,10,15-16,21,29,35H,8-9,11-14,17-19H2,1-6H3;1-3H2. The molecule has 0 atom stereocenters. The van der Waals surface area contributed by atoms with Crippen LogP contribution in [0.25, 0.3) is 22.2 Å². The molecule has 1 aromatic carbocycles. The van der Waals surface area contributed by atoms with Crippen LogP contribution in [0.2, 0.25) is 51.4 Å². The zero-order valence-electron chi connectivity index (χ0n) is 27.5. The lowest BCUT2D eigenvalue weighted by atomic mass is 10.1. The van der Waals surface area contributed by atoms with Crippen molar-refractivity contribution in [2.75, 3.05) is 13.2 Å². The van der Waals surface area contributed by atoms with Gasteiger partial charge in [-0.3, -0.25) is 4.79 Å². The highest BCUT2D eigenvalue weighted by Crippen LogP contribution is 2.40. The first kappa shape index (κ1) is 35.3. The second kappa shape index (κ2) is 15.3. The molecule has 250 valence electrons. The number of hydrogen-bond donors (Lipinski definition) is 1. The number of alkyl halides is 2. The summed E-state index contributed by atoms with van der Waals surface area (Å²) >= 11 is 0. The minimum absolute atomic E-state index is 0.00358. The van der Waals surface area contributed by atoms with E-state index in [1.807, 2.05) is 0 Å². The van der Waals surface area contributed by atoms with Crippen LogP contribution in [-0.2, 0) is 29.5 Å². The number of hydrogen-bond acceptors (Lipinski definition) is 7. The minimum atomic E-state index is -3.01. The molecule has 2 aromatic heterocycles. The van der Waals surface area contributed by atoms with Gasteiger partial charge in [0.05, 0.1) is 35.5 Å². The molecule has 2 saturated carbocycles. The van der Waals surface area contributed by atoms with E-state index in [1.54, 1.807) is 22.9 Å². The summed E-state index contributed by atoms with van der Waals surface area (Å²) in [7, 11) is -2.66. The highest BCUT2D eigenvalue weighted by Gasteiger charge is 2.28. The van der Waals surface area contributed by atoms with Crippen LogP contribution in [0.3, 0.4) is 0 Å². The lowest BCUT2D eigenvalue weighted by molar-refractivity contribution is -0.0516. The van der Waals surface area contributed by atoms with Crippen LogP contribution in [0.1, 0.15) is 37.7 Å². The second-order valence-electron chi connectivity index (χ2n) is 14.2. The van der Waals surface area contributed by atoms with Gasteiger partial charge >= 0.3 is 6.61 Å². The molecule has 13 heteroatoms. The van der Waals surface area contributed by atoms with Crippen molar-refractivity contribution in [2.45, 2.75) is 116 Å². The fraction of sp³-hybridized carbons (Fsp3) is 0.625. The fourth-order valence-corrected chi connectivity index (χ4v) is 5.96. The van der Waals surface area contributed by atoms with Crippen molar-refractivity contribution < 1.29 is 32.8 Å². The molecule has 2 heterocycles. The summed E-state index contributed by atoms with van der Waals surface area (Å²) in [5, 5.41) is 15.3. The van der Waals surface area contributed by atoms with E-state index < -0.39 is 34.9 Å². The summed E-state index contributed by atoms with van der Waals surface area (Å²) in [6.45, 7) is 11.3. The Bertz CT molecular complexity index is 1470. The fourth-order valence-electron chi connectivity index (χ4n) is 4.45. The van der Waals surface area contributed by atoms with Crippen molar-refractivity contribution in [3.63, 3.8) is 0 Å². The number of aliphatic hydroxyl groups excluding tert-OH is 1. The van der Waals surface area contributed by atoms with Crippen LogP contribution in [0.15, 0.2) is 29.2 Å². The first-order valence-corrected chi connectivity index (χ1v) is 23.3. The summed E-state index contributed by atoms with van der Waals surface area (Å²) in [5.41, 5.74) is 1.60. The number of aromatic nitrogens is 3. The zero-order valence-corrected chi connectivity index (χ0v) is 29.5. The molecule has 2 aliphatic carbocycles. The van der Waals surface area contributed by atoms with Gasteiger partial charge in [0.2, 0.25) is 0 Å². The van der Waals surface area contributed by atoms with E-state index >= 15 is 0 Å². The molecular weight excluding hydrogens is 617 g/mol. The van der Waals surface area contributed by atoms with Crippen molar-refractivity contribution >= 4 is 27.1 Å². The molecule has 1 N–H and O–H groups in total. The predicted molar refractivity (Wildman–Crippen MR) is 178 cm³/mol. The summed E-state index contributed by atoms with van der Waals surface area (Å²) in [5.74, 6) is 0.113. The molecule has 0 amide bonds. The Morgan fingerprint density at radius 2 is 1.58 bits per heavy atom. The van der Waals surface area contributed by atoms with Gasteiger partial charge in [0.25, 0.3) is 5.56 Å². The SMILES string of the molecule is C1CC1.C[Si](C)(C)CCOCn1ncc2c(c(CO)c(-c3ccc(OC(F)F)c(OC4CC4)c3)n2COCC[Si](C)(C)C)c1=O. The van der Waals surface area contributed by atoms with E-state index in [0.29, 0.717) is 40.9 Å². The van der Waals surface area contributed by atoms with Gasteiger partial charge < -0.3 is 28.6 Å². The third-order valence-corrected chi connectivity index (χ3v) is 10.8. The molecular formula is C32H49F2N3O6Si2. The molecule has 0 aliphatic heterocycles. The third-order valence-electron chi connectivity index (χ3n) is 7.36. The van der Waals surface area contributed by atoms with Crippen LogP contribution in [0.5, 0.6) is 11.5 Å². The first-order valence-electron chi connectivity index (χ1n) is 15.9. The highest BCUT2D eigenvalue weighted by atomic mass is 28.3.